The van der Waals surface area contributed by atoms with Crippen LogP contribution >= 0.6 is 27.5 Å². The van der Waals surface area contributed by atoms with Gasteiger partial charge in [0.05, 0.1) is 22.0 Å². The normalized spacial score (nSPS) is 15.0. The molecular formula is C25H16BrClN2O4. The molecule has 8 heteroatoms. The van der Waals surface area contributed by atoms with E-state index < -0.39 is 11.9 Å². The molecule has 0 fully saturated rings. The molecule has 2 aromatic heterocycles. The smallest absolute Gasteiger partial charge is 0.296 e. The van der Waals surface area contributed by atoms with Gasteiger partial charge in [-0.3, -0.25) is 14.5 Å². The first kappa shape index (κ1) is 21.4. The van der Waals surface area contributed by atoms with E-state index >= 15 is 0 Å². The summed E-state index contributed by atoms with van der Waals surface area (Å²) in [5, 5.41) is 0.815. The molecular weight excluding hydrogens is 508 g/mol. The zero-order valence-electron chi connectivity index (χ0n) is 17.1. The second-order valence-electron chi connectivity index (χ2n) is 7.40. The summed E-state index contributed by atoms with van der Waals surface area (Å²) in [6.07, 6.45) is 3.10. The number of benzene rings is 2. The summed E-state index contributed by atoms with van der Waals surface area (Å²) in [5.41, 5.74) is 0.994. The predicted molar refractivity (Wildman–Crippen MR) is 130 cm³/mol. The minimum absolute atomic E-state index is 0.00557. The Morgan fingerprint density at radius 3 is 2.79 bits per heavy atom. The maximum atomic E-state index is 13.6. The van der Waals surface area contributed by atoms with Crippen LogP contribution in [0.5, 0.6) is 5.75 Å². The summed E-state index contributed by atoms with van der Waals surface area (Å²) in [4.78, 5) is 33.0. The lowest BCUT2D eigenvalue weighted by molar-refractivity contribution is 0.0970. The number of carbonyl (C=O) groups is 1. The molecule has 1 atom stereocenters. The van der Waals surface area contributed by atoms with Crippen LogP contribution in [0.4, 0.5) is 5.82 Å². The number of anilines is 1. The molecule has 164 valence electrons. The van der Waals surface area contributed by atoms with Crippen LogP contribution in [0.2, 0.25) is 5.02 Å². The van der Waals surface area contributed by atoms with Gasteiger partial charge in [-0.2, -0.15) is 0 Å². The highest BCUT2D eigenvalue weighted by Gasteiger charge is 2.44. The monoisotopic (exact) mass is 522 g/mol. The first-order chi connectivity index (χ1) is 16.0. The zero-order chi connectivity index (χ0) is 23.1. The molecule has 1 amide bonds. The average Bonchev–Trinajstić information content (AvgIpc) is 3.11. The third-order valence-electron chi connectivity index (χ3n) is 5.33. The number of pyridine rings is 1. The molecule has 0 aliphatic carbocycles. The molecule has 1 aliphatic heterocycles. The third-order valence-corrected chi connectivity index (χ3v) is 6.05. The van der Waals surface area contributed by atoms with Gasteiger partial charge in [0, 0.05) is 10.7 Å². The van der Waals surface area contributed by atoms with Gasteiger partial charge in [0.25, 0.3) is 5.91 Å². The summed E-state index contributed by atoms with van der Waals surface area (Å²) in [5.74, 6) is 0.478. The van der Waals surface area contributed by atoms with Crippen molar-refractivity contribution >= 4 is 50.2 Å². The number of hydrogen-bond donors (Lipinski definition) is 0. The molecule has 0 saturated heterocycles. The van der Waals surface area contributed by atoms with E-state index in [2.05, 4.69) is 27.5 Å². The van der Waals surface area contributed by atoms with Crippen molar-refractivity contribution in [3.05, 3.63) is 110 Å². The highest BCUT2D eigenvalue weighted by atomic mass is 79.9. The van der Waals surface area contributed by atoms with Gasteiger partial charge in [-0.05, 0) is 48.0 Å². The van der Waals surface area contributed by atoms with Gasteiger partial charge in [0.15, 0.2) is 5.43 Å². The first-order valence-corrected chi connectivity index (χ1v) is 11.2. The van der Waals surface area contributed by atoms with E-state index in [0.29, 0.717) is 39.7 Å². The van der Waals surface area contributed by atoms with Crippen molar-refractivity contribution in [2.75, 3.05) is 11.5 Å². The predicted octanol–water partition coefficient (Wildman–Crippen LogP) is 5.92. The van der Waals surface area contributed by atoms with Crippen molar-refractivity contribution in [2.45, 2.75) is 6.04 Å². The second kappa shape index (κ2) is 8.50. The molecule has 5 rings (SSSR count). The van der Waals surface area contributed by atoms with Crippen molar-refractivity contribution < 1.29 is 13.9 Å². The second-order valence-corrected chi connectivity index (χ2v) is 8.75. The summed E-state index contributed by atoms with van der Waals surface area (Å²) in [6, 6.07) is 14.9. The highest BCUT2D eigenvalue weighted by molar-refractivity contribution is 9.10. The Morgan fingerprint density at radius 1 is 1.18 bits per heavy atom. The number of ether oxygens (including phenoxy) is 1. The van der Waals surface area contributed by atoms with Crippen molar-refractivity contribution in [1.82, 2.24) is 4.98 Å². The van der Waals surface area contributed by atoms with Crippen molar-refractivity contribution in [1.29, 1.82) is 0 Å². The summed E-state index contributed by atoms with van der Waals surface area (Å²) in [6.45, 7) is 3.99. The van der Waals surface area contributed by atoms with Crippen LogP contribution in [0, 0.1) is 0 Å². The van der Waals surface area contributed by atoms with Crippen LogP contribution in [-0.4, -0.2) is 17.5 Å². The Bertz CT molecular complexity index is 1470. The molecule has 0 spiro atoms. The topological polar surface area (TPSA) is 72.6 Å². The minimum Gasteiger partial charge on any atom is -0.490 e. The fourth-order valence-electron chi connectivity index (χ4n) is 3.94. The van der Waals surface area contributed by atoms with Crippen LogP contribution in [0.3, 0.4) is 0 Å². The van der Waals surface area contributed by atoms with Crippen molar-refractivity contribution in [2.24, 2.45) is 0 Å². The number of hydrogen-bond acceptors (Lipinski definition) is 5. The molecule has 0 radical (unpaired) electrons. The molecule has 4 aromatic rings. The van der Waals surface area contributed by atoms with Crippen molar-refractivity contribution in [3.8, 4) is 5.75 Å². The van der Waals surface area contributed by atoms with Crippen LogP contribution in [0.15, 0.2) is 87.1 Å². The van der Waals surface area contributed by atoms with Crippen LogP contribution in [0.25, 0.3) is 11.0 Å². The van der Waals surface area contributed by atoms with Crippen LogP contribution in [-0.2, 0) is 0 Å². The molecule has 1 aliphatic rings. The molecule has 2 aromatic carbocycles. The SMILES string of the molecule is C=CCOc1cccc(C2c3c(oc4ccc(Br)cc4c3=O)C(=O)N2c2ccc(Cl)cn2)c1. The number of nitrogens with zero attached hydrogens (tertiary/aromatic N) is 2. The molecule has 0 saturated carbocycles. The molecule has 0 bridgehead atoms. The fraction of sp³-hybridized carbons (Fsp3) is 0.0800. The molecule has 33 heavy (non-hydrogen) atoms. The molecule has 3 heterocycles. The lowest BCUT2D eigenvalue weighted by atomic mass is 9.98. The maximum absolute atomic E-state index is 13.6. The Morgan fingerprint density at radius 2 is 2.03 bits per heavy atom. The Hall–Kier alpha value is -3.42. The van der Waals surface area contributed by atoms with E-state index in [1.54, 1.807) is 48.5 Å². The summed E-state index contributed by atoms with van der Waals surface area (Å²) < 4.78 is 12.4. The standard InChI is InChI=1S/C25H16BrClN2O4/c1-2-10-32-17-5-3-4-14(11-17)22-21-23(30)18-12-15(26)6-8-19(18)33-24(21)25(31)29(22)20-9-7-16(27)13-28-20/h2-9,11-13,22H,1,10H2. The highest BCUT2D eigenvalue weighted by Crippen LogP contribution is 2.41. The minimum atomic E-state index is -0.756. The average molecular weight is 524 g/mol. The number of aromatic nitrogens is 1. The maximum Gasteiger partial charge on any atom is 0.296 e. The van der Waals surface area contributed by atoms with E-state index in [-0.39, 0.29) is 16.8 Å². The zero-order valence-corrected chi connectivity index (χ0v) is 19.5. The van der Waals surface area contributed by atoms with Crippen LogP contribution in [0.1, 0.15) is 27.7 Å². The van der Waals surface area contributed by atoms with Gasteiger partial charge in [-0.25, -0.2) is 4.98 Å². The number of halogens is 2. The lowest BCUT2D eigenvalue weighted by Gasteiger charge is -2.24. The number of carbonyl (C=O) groups excluding carboxylic acids is 1. The van der Waals surface area contributed by atoms with Gasteiger partial charge < -0.3 is 9.15 Å². The molecule has 6 nitrogen and oxygen atoms in total. The molecule has 1 unspecified atom stereocenters. The number of rotatable bonds is 5. The number of amides is 1. The first-order valence-electron chi connectivity index (χ1n) is 10.0. The lowest BCUT2D eigenvalue weighted by Crippen LogP contribution is -2.30. The van der Waals surface area contributed by atoms with Crippen molar-refractivity contribution in [3.63, 3.8) is 0 Å². The van der Waals surface area contributed by atoms with Gasteiger partial charge in [0.2, 0.25) is 5.76 Å². The fourth-order valence-corrected chi connectivity index (χ4v) is 4.41. The third kappa shape index (κ3) is 3.73. The summed E-state index contributed by atoms with van der Waals surface area (Å²) in [7, 11) is 0. The summed E-state index contributed by atoms with van der Waals surface area (Å²) >= 11 is 9.42. The van der Waals surface area contributed by atoms with E-state index in [1.807, 2.05) is 12.1 Å². The van der Waals surface area contributed by atoms with Gasteiger partial charge in [0.1, 0.15) is 23.8 Å². The van der Waals surface area contributed by atoms with Gasteiger partial charge in [-0.15, -0.1) is 0 Å². The molecule has 0 N–H and O–H groups in total. The van der Waals surface area contributed by atoms with Crippen LogP contribution < -0.4 is 15.1 Å². The largest absolute Gasteiger partial charge is 0.490 e. The Balaban J connectivity index is 1.76. The van der Waals surface area contributed by atoms with Gasteiger partial charge in [-0.1, -0.05) is 52.3 Å². The Kier molecular flexibility index (Phi) is 5.52. The van der Waals surface area contributed by atoms with E-state index in [4.69, 9.17) is 20.8 Å². The van der Waals surface area contributed by atoms with E-state index in [0.717, 1.165) is 4.47 Å². The van der Waals surface area contributed by atoms with Gasteiger partial charge >= 0.3 is 0 Å². The quantitative estimate of drug-likeness (QED) is 0.304. The Labute approximate surface area is 202 Å². The van der Waals surface area contributed by atoms with E-state index in [9.17, 15) is 9.59 Å². The number of fused-ring (bicyclic) bond motifs is 2. The van der Waals surface area contributed by atoms with E-state index in [1.165, 1.54) is 11.1 Å².